The highest BCUT2D eigenvalue weighted by atomic mass is 32.2. The average Bonchev–Trinajstić information content (AvgIpc) is 2.94. The minimum absolute atomic E-state index is 0.334. The third-order valence-corrected chi connectivity index (χ3v) is 4.08. The zero-order chi connectivity index (χ0) is 11.5. The van der Waals surface area contributed by atoms with Gasteiger partial charge >= 0.3 is 5.97 Å². The quantitative estimate of drug-likeness (QED) is 0.703. The monoisotopic (exact) mass is 231 g/mol. The molecule has 1 aliphatic carbocycles. The Bertz CT molecular complexity index is 229. The van der Waals surface area contributed by atoms with Crippen LogP contribution in [0.4, 0.5) is 0 Å². The fraction of sp³-hybridized carbons (Fsp3) is 0.909. The number of carboxylic acids is 1. The van der Waals surface area contributed by atoms with E-state index in [1.54, 1.807) is 11.8 Å². The van der Waals surface area contributed by atoms with E-state index in [0.29, 0.717) is 16.9 Å². The maximum absolute atomic E-state index is 11.4. The summed E-state index contributed by atoms with van der Waals surface area (Å²) < 4.78 is 0. The van der Waals surface area contributed by atoms with Gasteiger partial charge in [-0.05, 0) is 30.6 Å². The second kappa shape index (κ2) is 5.21. The van der Waals surface area contributed by atoms with Crippen molar-refractivity contribution in [1.82, 2.24) is 5.32 Å². The van der Waals surface area contributed by atoms with Crippen LogP contribution in [0.1, 0.15) is 33.6 Å². The Hall–Kier alpha value is -0.220. The molecule has 1 rings (SSSR count). The minimum atomic E-state index is -0.681. The molecule has 1 unspecified atom stereocenters. The lowest BCUT2D eigenvalue weighted by Crippen LogP contribution is -2.56. The minimum Gasteiger partial charge on any atom is -0.480 e. The average molecular weight is 231 g/mol. The van der Waals surface area contributed by atoms with Gasteiger partial charge in [0.15, 0.2) is 0 Å². The number of thioether (sulfide) groups is 1. The van der Waals surface area contributed by atoms with E-state index in [4.69, 9.17) is 0 Å². The van der Waals surface area contributed by atoms with E-state index in [9.17, 15) is 9.90 Å². The lowest BCUT2D eigenvalue weighted by molar-refractivity contribution is -0.144. The van der Waals surface area contributed by atoms with Crippen LogP contribution in [0.2, 0.25) is 0 Å². The molecule has 1 atom stereocenters. The van der Waals surface area contributed by atoms with E-state index in [1.165, 1.54) is 0 Å². The Morgan fingerprint density at radius 2 is 2.20 bits per heavy atom. The Morgan fingerprint density at radius 1 is 1.60 bits per heavy atom. The third-order valence-electron chi connectivity index (χ3n) is 2.79. The Balaban J connectivity index is 2.67. The largest absolute Gasteiger partial charge is 0.480 e. The van der Waals surface area contributed by atoms with Crippen LogP contribution in [0.25, 0.3) is 0 Å². The molecule has 88 valence electrons. The molecule has 0 radical (unpaired) electrons. The highest BCUT2D eigenvalue weighted by Crippen LogP contribution is 2.42. The number of aliphatic carboxylic acids is 1. The lowest BCUT2D eigenvalue weighted by atomic mass is 9.96. The van der Waals surface area contributed by atoms with E-state index in [0.717, 1.165) is 19.4 Å². The number of likely N-dealkylation sites (N-methyl/N-ethyl adjacent to an activating group) is 1. The van der Waals surface area contributed by atoms with E-state index >= 15 is 0 Å². The number of carbonyl (C=O) groups is 1. The molecule has 0 amide bonds. The van der Waals surface area contributed by atoms with Crippen molar-refractivity contribution in [3.8, 4) is 0 Å². The molecule has 0 spiro atoms. The number of rotatable bonds is 7. The van der Waals surface area contributed by atoms with Crippen LogP contribution in [-0.4, -0.2) is 34.2 Å². The van der Waals surface area contributed by atoms with Crippen molar-refractivity contribution in [1.29, 1.82) is 0 Å². The maximum atomic E-state index is 11.4. The molecule has 0 saturated heterocycles. The van der Waals surface area contributed by atoms with Crippen molar-refractivity contribution in [3.63, 3.8) is 0 Å². The fourth-order valence-electron chi connectivity index (χ4n) is 1.81. The summed E-state index contributed by atoms with van der Waals surface area (Å²) >= 11 is 1.73. The maximum Gasteiger partial charge on any atom is 0.325 e. The van der Waals surface area contributed by atoms with Gasteiger partial charge in [-0.15, -0.1) is 0 Å². The summed E-state index contributed by atoms with van der Waals surface area (Å²) in [5, 5.41) is 13.1. The first-order chi connectivity index (χ1) is 7.03. The summed E-state index contributed by atoms with van der Waals surface area (Å²) in [6.45, 7) is 6.91. The molecule has 1 fully saturated rings. The molecule has 0 aliphatic heterocycles. The molecular formula is C11H21NO2S. The molecule has 1 aliphatic rings. The highest BCUT2D eigenvalue weighted by molar-refractivity contribution is 7.99. The first-order valence-electron chi connectivity index (χ1n) is 5.63. The van der Waals surface area contributed by atoms with Gasteiger partial charge in [0.05, 0.1) is 0 Å². The van der Waals surface area contributed by atoms with Crippen molar-refractivity contribution in [2.24, 2.45) is 5.92 Å². The molecular weight excluding hydrogens is 210 g/mol. The molecule has 4 heteroatoms. The molecule has 0 heterocycles. The third kappa shape index (κ3) is 3.11. The van der Waals surface area contributed by atoms with Crippen LogP contribution in [0, 0.1) is 5.92 Å². The summed E-state index contributed by atoms with van der Waals surface area (Å²) in [4.78, 5) is 11.4. The van der Waals surface area contributed by atoms with Crippen LogP contribution < -0.4 is 5.32 Å². The van der Waals surface area contributed by atoms with E-state index in [-0.39, 0.29) is 0 Å². The van der Waals surface area contributed by atoms with Crippen LogP contribution in [0.15, 0.2) is 0 Å². The summed E-state index contributed by atoms with van der Waals surface area (Å²) in [6, 6.07) is 0. The van der Waals surface area contributed by atoms with Gasteiger partial charge in [-0.2, -0.15) is 11.8 Å². The Labute approximate surface area is 96.0 Å². The molecule has 2 N–H and O–H groups in total. The van der Waals surface area contributed by atoms with Crippen molar-refractivity contribution in [2.75, 3.05) is 12.3 Å². The predicted octanol–water partition coefficient (Wildman–Crippen LogP) is 1.97. The van der Waals surface area contributed by atoms with Gasteiger partial charge in [-0.25, -0.2) is 0 Å². The molecule has 0 bridgehead atoms. The lowest BCUT2D eigenvalue weighted by Gasteiger charge is -2.30. The van der Waals surface area contributed by atoms with E-state index in [1.807, 2.05) is 6.92 Å². The topological polar surface area (TPSA) is 49.3 Å². The van der Waals surface area contributed by atoms with E-state index in [2.05, 4.69) is 19.2 Å². The second-order valence-electron chi connectivity index (χ2n) is 4.44. The fourth-order valence-corrected chi connectivity index (χ4v) is 2.87. The Kier molecular flexibility index (Phi) is 4.46. The van der Waals surface area contributed by atoms with E-state index < -0.39 is 11.5 Å². The summed E-state index contributed by atoms with van der Waals surface area (Å²) in [7, 11) is 0. The number of hydrogen-bond donors (Lipinski definition) is 2. The smallest absolute Gasteiger partial charge is 0.325 e. The molecule has 15 heavy (non-hydrogen) atoms. The van der Waals surface area contributed by atoms with Gasteiger partial charge in [0.2, 0.25) is 0 Å². The first kappa shape index (κ1) is 12.8. The predicted molar refractivity (Wildman–Crippen MR) is 64.4 cm³/mol. The van der Waals surface area contributed by atoms with Gasteiger partial charge < -0.3 is 10.4 Å². The van der Waals surface area contributed by atoms with Crippen molar-refractivity contribution in [3.05, 3.63) is 0 Å². The Morgan fingerprint density at radius 3 is 2.53 bits per heavy atom. The number of carboxylic acid groups (broad SMARTS) is 1. The van der Waals surface area contributed by atoms with Crippen LogP contribution >= 0.6 is 11.8 Å². The van der Waals surface area contributed by atoms with Crippen molar-refractivity contribution in [2.45, 2.75) is 44.4 Å². The van der Waals surface area contributed by atoms with Gasteiger partial charge in [0, 0.05) is 5.75 Å². The highest BCUT2D eigenvalue weighted by Gasteiger charge is 2.50. The number of hydrogen-bond acceptors (Lipinski definition) is 3. The van der Waals surface area contributed by atoms with Crippen LogP contribution in [0.3, 0.4) is 0 Å². The standard InChI is InChI=1S/C11H21NO2S/c1-4-12-11(10(13)14,9-5-6-9)7-15-8(2)3/h8-9,12H,4-7H2,1-3H3,(H,13,14). The summed E-state index contributed by atoms with van der Waals surface area (Å²) in [5.41, 5.74) is -0.677. The summed E-state index contributed by atoms with van der Waals surface area (Å²) in [5.74, 6) is 0.333. The van der Waals surface area contributed by atoms with Crippen molar-refractivity contribution < 1.29 is 9.90 Å². The molecule has 0 aromatic carbocycles. The SMILES string of the molecule is CCNC(CSC(C)C)(C(=O)O)C1CC1. The van der Waals surface area contributed by atoms with Gasteiger partial charge in [-0.3, -0.25) is 4.79 Å². The van der Waals surface area contributed by atoms with Crippen molar-refractivity contribution >= 4 is 17.7 Å². The van der Waals surface area contributed by atoms with Gasteiger partial charge in [-0.1, -0.05) is 20.8 Å². The van der Waals surface area contributed by atoms with Gasteiger partial charge in [0.25, 0.3) is 0 Å². The van der Waals surface area contributed by atoms with Crippen LogP contribution in [-0.2, 0) is 4.79 Å². The van der Waals surface area contributed by atoms with Gasteiger partial charge in [0.1, 0.15) is 5.54 Å². The second-order valence-corrected chi connectivity index (χ2v) is 6.01. The zero-order valence-electron chi connectivity index (χ0n) is 9.75. The molecule has 0 aromatic rings. The molecule has 3 nitrogen and oxygen atoms in total. The number of nitrogens with one attached hydrogen (secondary N) is 1. The molecule has 1 saturated carbocycles. The molecule has 0 aromatic heterocycles. The van der Waals surface area contributed by atoms with Crippen LogP contribution in [0.5, 0.6) is 0 Å². The first-order valence-corrected chi connectivity index (χ1v) is 6.67. The zero-order valence-corrected chi connectivity index (χ0v) is 10.6. The summed E-state index contributed by atoms with van der Waals surface area (Å²) in [6.07, 6.45) is 2.11. The normalized spacial score (nSPS) is 20.3.